The van der Waals surface area contributed by atoms with E-state index in [1.54, 1.807) is 6.92 Å². The summed E-state index contributed by atoms with van der Waals surface area (Å²) in [5.41, 5.74) is 0.314. The lowest BCUT2D eigenvalue weighted by Crippen LogP contribution is -2.61. The summed E-state index contributed by atoms with van der Waals surface area (Å²) in [6, 6.07) is 0. The molecule has 3 saturated carbocycles. The van der Waals surface area contributed by atoms with Gasteiger partial charge in [-0.2, -0.15) is 0 Å². The molecular weight excluding hydrogens is 676 g/mol. The molecular formula is C39H66O13. The lowest BCUT2D eigenvalue weighted by atomic mass is 9.46. The Kier molecular flexibility index (Phi) is 12.3. The summed E-state index contributed by atoms with van der Waals surface area (Å²) in [6.07, 6.45) is -7.68. The Hall–Kier alpha value is -0.780. The van der Waals surface area contributed by atoms with E-state index < -0.39 is 97.8 Å². The minimum atomic E-state index is -1.56. The fraction of sp³-hybridized carbons (Fsp3) is 0.949. The number of ether oxygens (including phenoxy) is 4. The maximum absolute atomic E-state index is 11.6. The highest BCUT2D eigenvalue weighted by Crippen LogP contribution is 2.68. The number of allylic oxidation sites excluding steroid dienone is 1. The Balaban J connectivity index is 1.31. The molecule has 2 heterocycles. The fourth-order valence-electron chi connectivity index (χ4n) is 11.6. The smallest absolute Gasteiger partial charge is 0.186 e. The van der Waals surface area contributed by atoms with Crippen LogP contribution in [0.2, 0.25) is 0 Å². The first-order chi connectivity index (χ1) is 24.4. The Morgan fingerprint density at radius 1 is 0.827 bits per heavy atom. The number of fused-ring (bicyclic) bond motifs is 5. The van der Waals surface area contributed by atoms with Gasteiger partial charge in [-0.25, -0.2) is 0 Å². The molecule has 0 aromatic carbocycles. The molecule has 9 N–H and O–H groups in total. The van der Waals surface area contributed by atoms with Crippen molar-refractivity contribution in [1.82, 2.24) is 0 Å². The van der Waals surface area contributed by atoms with Crippen molar-refractivity contribution < 1.29 is 64.9 Å². The van der Waals surface area contributed by atoms with Gasteiger partial charge < -0.3 is 64.9 Å². The third kappa shape index (κ3) is 7.07. The van der Waals surface area contributed by atoms with E-state index in [2.05, 4.69) is 40.7 Å². The van der Waals surface area contributed by atoms with Crippen molar-refractivity contribution in [2.24, 2.45) is 46.3 Å². The predicted molar refractivity (Wildman–Crippen MR) is 187 cm³/mol. The van der Waals surface area contributed by atoms with Crippen LogP contribution < -0.4 is 0 Å². The summed E-state index contributed by atoms with van der Waals surface area (Å²) < 4.78 is 24.9. The largest absolute Gasteiger partial charge is 0.394 e. The van der Waals surface area contributed by atoms with E-state index in [4.69, 9.17) is 18.9 Å². The molecule has 52 heavy (non-hydrogen) atoms. The van der Waals surface area contributed by atoms with Crippen molar-refractivity contribution in [2.75, 3.05) is 6.61 Å². The second kappa shape index (κ2) is 15.6. The molecule has 300 valence electrons. The number of hydrogen-bond acceptors (Lipinski definition) is 13. The summed E-state index contributed by atoms with van der Waals surface area (Å²) >= 11 is 0. The van der Waals surface area contributed by atoms with Gasteiger partial charge in [0.2, 0.25) is 0 Å². The minimum Gasteiger partial charge on any atom is -0.394 e. The minimum absolute atomic E-state index is 0.126. The average molecular weight is 743 g/mol. The van der Waals surface area contributed by atoms with E-state index in [9.17, 15) is 46.0 Å². The van der Waals surface area contributed by atoms with Gasteiger partial charge >= 0.3 is 0 Å². The highest BCUT2D eigenvalue weighted by atomic mass is 16.7. The third-order valence-electron chi connectivity index (χ3n) is 14.7. The molecule has 0 spiro atoms. The molecule has 0 unspecified atom stereocenters. The van der Waals surface area contributed by atoms with Crippen molar-refractivity contribution in [2.45, 2.75) is 179 Å². The van der Waals surface area contributed by atoms with Gasteiger partial charge in [0.1, 0.15) is 42.7 Å². The Bertz CT molecular complexity index is 1250. The van der Waals surface area contributed by atoms with Gasteiger partial charge in [0.25, 0.3) is 0 Å². The van der Waals surface area contributed by atoms with Crippen LogP contribution >= 0.6 is 0 Å². The van der Waals surface area contributed by atoms with Gasteiger partial charge in [0, 0.05) is 11.8 Å². The molecule has 13 nitrogen and oxygen atoms in total. The zero-order valence-electron chi connectivity index (χ0n) is 31.6. The van der Waals surface area contributed by atoms with Crippen molar-refractivity contribution in [3.8, 4) is 0 Å². The molecule has 0 amide bonds. The van der Waals surface area contributed by atoms with Crippen LogP contribution in [-0.4, -0.2) is 138 Å². The fourth-order valence-corrected chi connectivity index (χ4v) is 11.6. The van der Waals surface area contributed by atoms with E-state index in [1.807, 2.05) is 0 Å². The monoisotopic (exact) mass is 742 g/mol. The molecule has 0 bridgehead atoms. The lowest BCUT2D eigenvalue weighted by Gasteiger charge is -2.60. The second-order valence-corrected chi connectivity index (χ2v) is 18.1. The first-order valence-electron chi connectivity index (χ1n) is 19.8. The molecule has 2 aliphatic heterocycles. The molecule has 0 aromatic heterocycles. The summed E-state index contributed by atoms with van der Waals surface area (Å²) in [5, 5.41) is 96.3. The van der Waals surface area contributed by atoms with E-state index in [0.29, 0.717) is 31.6 Å². The van der Waals surface area contributed by atoms with Crippen LogP contribution in [0.25, 0.3) is 0 Å². The standard InChI is InChI=1S/C39H66O13/c1-17(2)7-10-25(42)18(3)29-26(50-37-35(48)33(46)31(44)27(16-40)51-37)15-24-22-9-8-20-13-21(41)14-28(39(20,6)23(22)11-12-38(24,29)5)52-36-34(47)32(45)30(43)19(4)49-36/h8,17-19,21-37,40-48H,7,9-16H2,1-6H3/t18-,19+,21-,22-,23+,24-,25+,26+,27-,28-,29+,30+,31-,32-,33+,34-,35-,36+,37-,38+,39+/m1/s1. The third-order valence-corrected chi connectivity index (χ3v) is 14.7. The highest BCUT2D eigenvalue weighted by molar-refractivity contribution is 5.28. The summed E-state index contributed by atoms with van der Waals surface area (Å²) in [4.78, 5) is 0. The summed E-state index contributed by atoms with van der Waals surface area (Å²) in [6.45, 7) is 11.9. The molecule has 4 aliphatic carbocycles. The highest BCUT2D eigenvalue weighted by Gasteiger charge is 2.65. The van der Waals surface area contributed by atoms with Crippen LogP contribution in [0.15, 0.2) is 11.6 Å². The maximum atomic E-state index is 11.6. The van der Waals surface area contributed by atoms with Gasteiger partial charge in [-0.05, 0) is 92.8 Å². The molecule has 2 saturated heterocycles. The SMILES string of the molecule is CC(C)CC[C@H](O)[C@@H](C)[C@H]1[C@@H](O[C@@H]2O[C@H](CO)[C@@H](O)[C@H](O)[C@H]2O)C[C@@H]2[C@@H]3CC=C4C[C@@H](O)C[C@@H](O[C@@H]5O[C@@H](C)[C@H](O)[C@@H](O)[C@H]5O)[C@]4(C)[C@H]3CC[C@]12C. The molecule has 0 radical (unpaired) electrons. The molecule has 5 fully saturated rings. The quantitative estimate of drug-likeness (QED) is 0.143. The van der Waals surface area contributed by atoms with Crippen molar-refractivity contribution in [1.29, 1.82) is 0 Å². The first-order valence-corrected chi connectivity index (χ1v) is 19.8. The van der Waals surface area contributed by atoms with Gasteiger partial charge in [-0.3, -0.25) is 0 Å². The normalized spacial score (nSPS) is 52.0. The predicted octanol–water partition coefficient (Wildman–Crippen LogP) is 0.977. The topological polar surface area (TPSA) is 219 Å². The van der Waals surface area contributed by atoms with Crippen LogP contribution in [-0.2, 0) is 18.9 Å². The lowest BCUT2D eigenvalue weighted by molar-refractivity contribution is -0.318. The van der Waals surface area contributed by atoms with Gasteiger partial charge in [0.15, 0.2) is 12.6 Å². The zero-order valence-corrected chi connectivity index (χ0v) is 31.6. The van der Waals surface area contributed by atoms with Gasteiger partial charge in [0.05, 0.1) is 37.1 Å². The Morgan fingerprint density at radius 2 is 1.48 bits per heavy atom. The van der Waals surface area contributed by atoms with Crippen molar-refractivity contribution in [3.63, 3.8) is 0 Å². The van der Waals surface area contributed by atoms with Crippen LogP contribution in [0, 0.1) is 46.3 Å². The van der Waals surface area contributed by atoms with Crippen LogP contribution in [0.5, 0.6) is 0 Å². The molecule has 0 aromatic rings. The maximum Gasteiger partial charge on any atom is 0.186 e. The Labute approximate surface area is 307 Å². The summed E-state index contributed by atoms with van der Waals surface area (Å²) in [7, 11) is 0. The zero-order chi connectivity index (χ0) is 38.0. The van der Waals surface area contributed by atoms with Gasteiger partial charge in [-0.1, -0.05) is 46.3 Å². The van der Waals surface area contributed by atoms with E-state index >= 15 is 0 Å². The van der Waals surface area contributed by atoms with Crippen molar-refractivity contribution in [3.05, 3.63) is 11.6 Å². The molecule has 13 heteroatoms. The molecule has 21 atom stereocenters. The molecule has 6 rings (SSSR count). The van der Waals surface area contributed by atoms with E-state index in [-0.39, 0.29) is 35.0 Å². The number of aliphatic hydroxyl groups is 9. The van der Waals surface area contributed by atoms with E-state index in [0.717, 1.165) is 31.3 Å². The number of hydrogen-bond donors (Lipinski definition) is 9. The summed E-state index contributed by atoms with van der Waals surface area (Å²) in [5.74, 6) is 0.552. The molecule has 6 aliphatic rings. The average Bonchev–Trinajstić information content (AvgIpc) is 3.40. The van der Waals surface area contributed by atoms with Crippen LogP contribution in [0.3, 0.4) is 0 Å². The van der Waals surface area contributed by atoms with Crippen molar-refractivity contribution >= 4 is 0 Å². The van der Waals surface area contributed by atoms with Crippen LogP contribution in [0.1, 0.15) is 92.9 Å². The Morgan fingerprint density at radius 3 is 2.13 bits per heavy atom. The van der Waals surface area contributed by atoms with Crippen LogP contribution in [0.4, 0.5) is 0 Å². The number of aliphatic hydroxyl groups excluding tert-OH is 9. The van der Waals surface area contributed by atoms with E-state index in [1.165, 1.54) is 0 Å². The van der Waals surface area contributed by atoms with Gasteiger partial charge in [-0.15, -0.1) is 0 Å². The number of rotatable bonds is 10. The second-order valence-electron chi connectivity index (χ2n) is 18.1. The first kappa shape index (κ1) is 40.9.